The number of oxime groups is 1. The summed E-state index contributed by atoms with van der Waals surface area (Å²) >= 11 is -0.324. The Morgan fingerprint density at radius 2 is 2.06 bits per heavy atom. The van der Waals surface area contributed by atoms with Gasteiger partial charge in [-0.05, 0) is 6.92 Å². The van der Waals surface area contributed by atoms with Crippen molar-refractivity contribution in [1.82, 2.24) is 0 Å². The summed E-state index contributed by atoms with van der Waals surface area (Å²) in [7, 11) is 0. The fourth-order valence-electron chi connectivity index (χ4n) is 0.925. The maximum Gasteiger partial charge on any atom is 0.174 e. The Labute approximate surface area is 108 Å². The molecule has 0 bridgehead atoms. The monoisotopic (exact) mass is 285 g/mol. The molecule has 9 heteroatoms. The number of hydrogen-bond acceptors (Lipinski definition) is 8. The van der Waals surface area contributed by atoms with Crippen LogP contribution in [-0.2, 0) is 9.63 Å². The van der Waals surface area contributed by atoms with Gasteiger partial charge in [-0.2, -0.15) is 3.89 Å². The minimum Gasteiger partial charge on any atom is -0.394 e. The van der Waals surface area contributed by atoms with Gasteiger partial charge in [-0.15, -0.1) is 0 Å². The Morgan fingerprint density at radius 3 is 2.50 bits per heavy atom. The van der Waals surface area contributed by atoms with Crippen LogP contribution in [0.25, 0.3) is 0 Å². The lowest BCUT2D eigenvalue weighted by Gasteiger charge is -2.23. The Balaban J connectivity index is 4.34. The van der Waals surface area contributed by atoms with Gasteiger partial charge in [0, 0.05) is 0 Å². The zero-order valence-electron chi connectivity index (χ0n) is 9.64. The number of carbonyl (C=O) groups is 1. The molecule has 0 aromatic rings. The van der Waals surface area contributed by atoms with E-state index in [0.29, 0.717) is 0 Å². The second-order valence-electron chi connectivity index (χ2n) is 3.51. The lowest BCUT2D eigenvalue weighted by atomic mass is 10.1. The molecule has 0 aliphatic carbocycles. The molecule has 0 aromatic carbocycles. The van der Waals surface area contributed by atoms with Crippen LogP contribution < -0.4 is 0 Å². The zero-order valence-corrected chi connectivity index (χ0v) is 10.5. The highest BCUT2D eigenvalue weighted by Crippen LogP contribution is 2.18. The molecule has 0 radical (unpaired) electrons. The van der Waals surface area contributed by atoms with E-state index in [4.69, 9.17) is 10.2 Å². The van der Waals surface area contributed by atoms with E-state index in [0.717, 1.165) is 6.21 Å². The molecule has 0 spiro atoms. The van der Waals surface area contributed by atoms with Crippen LogP contribution in [-0.4, -0.2) is 69.2 Å². The zero-order chi connectivity index (χ0) is 14.1. The normalized spacial score (nSPS) is 18.3. The largest absolute Gasteiger partial charge is 0.394 e. The maximum atomic E-state index is 12.5. The van der Waals surface area contributed by atoms with Gasteiger partial charge >= 0.3 is 0 Å². The molecule has 0 saturated heterocycles. The summed E-state index contributed by atoms with van der Waals surface area (Å²) in [6, 6.07) is 0. The number of ketones is 1. The lowest BCUT2D eigenvalue weighted by Crippen LogP contribution is -2.45. The molecule has 0 fully saturated rings. The topological polar surface area (TPSA) is 120 Å². The molecular weight excluding hydrogens is 269 g/mol. The van der Waals surface area contributed by atoms with Gasteiger partial charge < -0.3 is 25.3 Å². The van der Waals surface area contributed by atoms with E-state index in [2.05, 4.69) is 9.99 Å². The summed E-state index contributed by atoms with van der Waals surface area (Å²) in [5.74, 6) is -0.284. The third kappa shape index (κ3) is 6.26. The fraction of sp³-hybridized carbons (Fsp3) is 0.778. The number of nitrogens with zero attached hydrogens (tertiary/aromatic N) is 1. The van der Waals surface area contributed by atoms with Crippen LogP contribution in [0, 0.1) is 0 Å². The average molecular weight is 285 g/mol. The van der Waals surface area contributed by atoms with Gasteiger partial charge in [-0.25, -0.2) is 0 Å². The van der Waals surface area contributed by atoms with Crippen molar-refractivity contribution >= 4 is 24.1 Å². The standard InChI is InChI=1S/C9H16FNO6S/c1-5(13)4-17-11-2-7(18-10)9(16)8(15)6(14)3-12/h2,6-9,12,14-16H,3-4H2,1H3. The minimum absolute atomic E-state index is 0.284. The van der Waals surface area contributed by atoms with Crippen LogP contribution in [0.2, 0.25) is 0 Å². The molecule has 106 valence electrons. The predicted molar refractivity (Wildman–Crippen MR) is 62.7 cm³/mol. The van der Waals surface area contributed by atoms with Gasteiger partial charge in [-0.1, -0.05) is 5.16 Å². The number of Topliss-reactive ketones (excluding diaryl/α,β-unsaturated/α-hetero) is 1. The number of carbonyl (C=O) groups excluding carboxylic acids is 1. The van der Waals surface area contributed by atoms with Crippen LogP contribution in [0.3, 0.4) is 0 Å². The Kier molecular flexibility index (Phi) is 8.85. The van der Waals surface area contributed by atoms with Crippen molar-refractivity contribution in [2.75, 3.05) is 13.2 Å². The van der Waals surface area contributed by atoms with Gasteiger partial charge in [-0.3, -0.25) is 4.79 Å². The molecule has 0 rings (SSSR count). The summed E-state index contributed by atoms with van der Waals surface area (Å²) in [6.45, 7) is 0.199. The van der Waals surface area contributed by atoms with Crippen LogP contribution >= 0.6 is 12.1 Å². The maximum absolute atomic E-state index is 12.5. The number of aliphatic hydroxyl groups is 4. The van der Waals surface area contributed by atoms with Crippen LogP contribution in [0.5, 0.6) is 0 Å². The van der Waals surface area contributed by atoms with Crippen molar-refractivity contribution in [2.24, 2.45) is 5.16 Å². The van der Waals surface area contributed by atoms with Crippen molar-refractivity contribution in [3.63, 3.8) is 0 Å². The van der Waals surface area contributed by atoms with Gasteiger partial charge in [0.2, 0.25) is 0 Å². The van der Waals surface area contributed by atoms with Crippen molar-refractivity contribution in [1.29, 1.82) is 0 Å². The number of hydrogen-bond donors (Lipinski definition) is 4. The third-order valence-corrected chi connectivity index (χ3v) is 2.53. The minimum atomic E-state index is -1.73. The molecule has 0 aromatic heterocycles. The Bertz CT molecular complexity index is 280. The number of aliphatic hydroxyl groups excluding tert-OH is 4. The van der Waals surface area contributed by atoms with Crippen LogP contribution in [0.4, 0.5) is 3.89 Å². The summed E-state index contributed by atoms with van der Waals surface area (Å²) in [5, 5.41) is 38.4. The molecule has 0 amide bonds. The van der Waals surface area contributed by atoms with Crippen LogP contribution in [0.15, 0.2) is 5.16 Å². The predicted octanol–water partition coefficient (Wildman–Crippen LogP) is -1.36. The van der Waals surface area contributed by atoms with E-state index in [1.165, 1.54) is 6.92 Å². The van der Waals surface area contributed by atoms with E-state index in [-0.39, 0.29) is 24.5 Å². The van der Waals surface area contributed by atoms with Gasteiger partial charge in [0.15, 0.2) is 12.4 Å². The van der Waals surface area contributed by atoms with Crippen molar-refractivity contribution in [3.05, 3.63) is 0 Å². The molecule has 7 nitrogen and oxygen atoms in total. The van der Waals surface area contributed by atoms with E-state index < -0.39 is 30.2 Å². The van der Waals surface area contributed by atoms with E-state index in [1.807, 2.05) is 0 Å². The van der Waals surface area contributed by atoms with Crippen molar-refractivity contribution in [3.8, 4) is 0 Å². The molecular formula is C9H16FNO6S. The van der Waals surface area contributed by atoms with Gasteiger partial charge in [0.1, 0.15) is 23.6 Å². The second-order valence-corrected chi connectivity index (χ2v) is 4.24. The first-order valence-corrected chi connectivity index (χ1v) is 5.79. The van der Waals surface area contributed by atoms with E-state index in [9.17, 15) is 18.9 Å². The first-order valence-electron chi connectivity index (χ1n) is 5.01. The molecule has 0 heterocycles. The van der Waals surface area contributed by atoms with E-state index >= 15 is 0 Å². The number of rotatable bonds is 9. The molecule has 18 heavy (non-hydrogen) atoms. The molecule has 4 N–H and O–H groups in total. The summed E-state index contributed by atoms with van der Waals surface area (Å²) in [4.78, 5) is 15.0. The van der Waals surface area contributed by atoms with E-state index in [1.54, 1.807) is 0 Å². The molecule has 0 aliphatic heterocycles. The van der Waals surface area contributed by atoms with Crippen molar-refractivity contribution in [2.45, 2.75) is 30.5 Å². The smallest absolute Gasteiger partial charge is 0.174 e. The molecule has 0 saturated carbocycles. The quantitative estimate of drug-likeness (QED) is 0.305. The fourth-order valence-corrected chi connectivity index (χ4v) is 1.29. The highest BCUT2D eigenvalue weighted by molar-refractivity contribution is 7.95. The molecule has 0 aliphatic rings. The van der Waals surface area contributed by atoms with Crippen molar-refractivity contribution < 1.29 is 33.9 Å². The first-order chi connectivity index (χ1) is 8.43. The SMILES string of the molecule is CC(=O)CON=CC(SF)C(O)C(O)C(O)CO. The third-order valence-electron chi connectivity index (χ3n) is 1.92. The Hall–Kier alpha value is -0.740. The van der Waals surface area contributed by atoms with Crippen LogP contribution in [0.1, 0.15) is 6.92 Å². The number of halogens is 1. The highest BCUT2D eigenvalue weighted by Gasteiger charge is 2.31. The van der Waals surface area contributed by atoms with Gasteiger partial charge in [0.05, 0.1) is 25.0 Å². The second kappa shape index (κ2) is 9.22. The average Bonchev–Trinajstić information content (AvgIpc) is 2.36. The molecule has 4 unspecified atom stereocenters. The van der Waals surface area contributed by atoms with Gasteiger partial charge in [0.25, 0.3) is 0 Å². The summed E-state index contributed by atoms with van der Waals surface area (Å²) < 4.78 is 12.5. The highest BCUT2D eigenvalue weighted by atomic mass is 32.2. The molecule has 4 atom stereocenters. The Morgan fingerprint density at radius 1 is 1.44 bits per heavy atom. The first kappa shape index (κ1) is 17.3. The summed E-state index contributed by atoms with van der Waals surface area (Å²) in [6.07, 6.45) is -4.17. The summed E-state index contributed by atoms with van der Waals surface area (Å²) in [5.41, 5.74) is 0. The lowest BCUT2D eigenvalue weighted by molar-refractivity contribution is -0.121.